The third kappa shape index (κ3) is 8.05. The third-order valence-electron chi connectivity index (χ3n) is 8.66. The van der Waals surface area contributed by atoms with Crippen LogP contribution < -0.4 is 14.4 Å². The molecule has 3 heterocycles. The van der Waals surface area contributed by atoms with Crippen LogP contribution in [0.1, 0.15) is 11.1 Å². The van der Waals surface area contributed by atoms with Crippen molar-refractivity contribution in [2.75, 3.05) is 19.1 Å². The van der Waals surface area contributed by atoms with E-state index in [9.17, 15) is 28.3 Å². The highest BCUT2D eigenvalue weighted by atomic mass is 32.1. The van der Waals surface area contributed by atoms with Crippen molar-refractivity contribution in [2.45, 2.75) is 6.18 Å². The number of rotatable bonds is 11. The van der Waals surface area contributed by atoms with E-state index in [-0.39, 0.29) is 0 Å². The number of methoxy groups -OCH3 is 2. The number of nitriles is 1. The van der Waals surface area contributed by atoms with Crippen LogP contribution in [0.4, 0.5) is 30.2 Å². The fraction of sp³-hybridized carbons (Fsp3) is 0.0698. The van der Waals surface area contributed by atoms with Crippen molar-refractivity contribution in [1.29, 1.82) is 5.26 Å². The first-order chi connectivity index (χ1) is 26.5. The summed E-state index contributed by atoms with van der Waals surface area (Å²) >= 11 is 4.43. The van der Waals surface area contributed by atoms with Gasteiger partial charge in [0.2, 0.25) is 0 Å². The SMILES string of the molecule is COc1ccc(N(c2ccc(OC)cc2)c2ccc(-c3ccc(-c4sc(-c5ccc(-c6ccc(C(F)(F)F)cc6)s5)cc4C=C(C#N)C(=O)O)s3)cc2)cc1. The molecular formula is C43H29F3N2O4S3. The number of ether oxygens (including phenoxy) is 2. The predicted molar refractivity (Wildman–Crippen MR) is 216 cm³/mol. The lowest BCUT2D eigenvalue weighted by Crippen LogP contribution is -2.09. The number of carboxylic acids is 1. The van der Waals surface area contributed by atoms with E-state index >= 15 is 0 Å². The number of anilines is 3. The molecule has 0 fully saturated rings. The summed E-state index contributed by atoms with van der Waals surface area (Å²) in [5.74, 6) is 0.181. The number of alkyl halides is 3. The van der Waals surface area contributed by atoms with Crippen LogP contribution >= 0.6 is 34.0 Å². The molecule has 0 atom stereocenters. The molecule has 0 amide bonds. The maximum Gasteiger partial charge on any atom is 0.416 e. The van der Waals surface area contributed by atoms with Gasteiger partial charge < -0.3 is 19.5 Å². The lowest BCUT2D eigenvalue weighted by Gasteiger charge is -2.26. The Morgan fingerprint density at radius 1 is 0.655 bits per heavy atom. The summed E-state index contributed by atoms with van der Waals surface area (Å²) in [6.07, 6.45) is -3.04. The van der Waals surface area contributed by atoms with Crippen molar-refractivity contribution < 1.29 is 32.5 Å². The molecule has 0 spiro atoms. The van der Waals surface area contributed by atoms with Crippen LogP contribution in [-0.2, 0) is 11.0 Å². The van der Waals surface area contributed by atoms with Crippen molar-refractivity contribution in [1.82, 2.24) is 0 Å². The number of carboxylic acid groups (broad SMARTS) is 1. The number of thiophene rings is 3. The van der Waals surface area contributed by atoms with Gasteiger partial charge in [0, 0.05) is 41.4 Å². The number of carbonyl (C=O) groups is 1. The summed E-state index contributed by atoms with van der Waals surface area (Å²) in [6, 6.07) is 40.3. The van der Waals surface area contributed by atoms with E-state index in [1.54, 1.807) is 31.6 Å². The van der Waals surface area contributed by atoms with Gasteiger partial charge in [-0.15, -0.1) is 34.0 Å². The molecule has 7 rings (SSSR count). The molecule has 0 saturated heterocycles. The first-order valence-corrected chi connectivity index (χ1v) is 19.0. The van der Waals surface area contributed by atoms with Gasteiger partial charge in [0.25, 0.3) is 0 Å². The molecule has 1 N–H and O–H groups in total. The number of aliphatic carboxylic acids is 1. The molecule has 0 saturated carbocycles. The highest BCUT2D eigenvalue weighted by Gasteiger charge is 2.30. The average molecular weight is 791 g/mol. The molecule has 12 heteroatoms. The Hall–Kier alpha value is -6.13. The zero-order chi connectivity index (χ0) is 38.7. The highest BCUT2D eigenvalue weighted by Crippen LogP contribution is 2.47. The van der Waals surface area contributed by atoms with Crippen LogP contribution in [0.2, 0.25) is 0 Å². The molecule has 7 aromatic rings. The first kappa shape index (κ1) is 37.2. The fourth-order valence-corrected chi connectivity index (χ4v) is 9.25. The smallest absolute Gasteiger partial charge is 0.416 e. The van der Waals surface area contributed by atoms with Gasteiger partial charge in [0.1, 0.15) is 23.1 Å². The van der Waals surface area contributed by atoms with Crippen LogP contribution in [0.15, 0.2) is 133 Å². The van der Waals surface area contributed by atoms with Crippen molar-refractivity contribution in [2.24, 2.45) is 0 Å². The first-order valence-electron chi connectivity index (χ1n) is 16.6. The van der Waals surface area contributed by atoms with E-state index < -0.39 is 23.3 Å². The molecule has 0 aliphatic carbocycles. The largest absolute Gasteiger partial charge is 0.497 e. The van der Waals surface area contributed by atoms with Crippen LogP contribution in [0.3, 0.4) is 0 Å². The Balaban J connectivity index is 1.21. The minimum absolute atomic E-state index is 0.395. The van der Waals surface area contributed by atoms with E-state index in [1.165, 1.54) is 40.9 Å². The second kappa shape index (κ2) is 15.7. The summed E-state index contributed by atoms with van der Waals surface area (Å²) in [7, 11) is 3.27. The normalized spacial score (nSPS) is 11.6. The molecule has 0 aliphatic heterocycles. The molecular weight excluding hydrogens is 762 g/mol. The standard InChI is InChI=1S/C43H29F3N2O4S3/c1-51-34-15-11-32(12-16-34)48(33-13-17-35(52-2)18-14-33)31-9-5-27(6-10-31)37-20-22-39(54-37)41-28(23-29(25-47)42(49)50)24-40(55-41)38-21-19-36(53-38)26-3-7-30(8-4-26)43(44,45)46/h3-24H,1-2H3,(H,49,50). The van der Waals surface area contributed by atoms with Crippen molar-refractivity contribution in [3.8, 4) is 58.0 Å². The molecule has 0 radical (unpaired) electrons. The second-order valence-corrected chi connectivity index (χ2v) is 15.3. The van der Waals surface area contributed by atoms with Gasteiger partial charge in [-0.3, -0.25) is 0 Å². The van der Waals surface area contributed by atoms with Crippen LogP contribution in [-0.4, -0.2) is 25.3 Å². The summed E-state index contributed by atoms with van der Waals surface area (Å²) in [4.78, 5) is 19.1. The molecule has 3 aromatic heterocycles. The number of nitrogens with zero attached hydrogens (tertiary/aromatic N) is 2. The Bertz CT molecular complexity index is 2480. The Morgan fingerprint density at radius 2 is 1.11 bits per heavy atom. The van der Waals surface area contributed by atoms with E-state index in [0.717, 1.165) is 75.5 Å². The Kier molecular flexibility index (Phi) is 10.6. The predicted octanol–water partition coefficient (Wildman–Crippen LogP) is 13.0. The van der Waals surface area contributed by atoms with Crippen molar-refractivity contribution >= 4 is 63.1 Å². The van der Waals surface area contributed by atoms with Gasteiger partial charge in [0.05, 0.1) is 24.7 Å². The highest BCUT2D eigenvalue weighted by molar-refractivity contribution is 7.28. The molecule has 6 nitrogen and oxygen atoms in total. The quantitative estimate of drug-likeness (QED) is 0.104. The van der Waals surface area contributed by atoms with Gasteiger partial charge in [-0.2, -0.15) is 18.4 Å². The molecule has 0 bridgehead atoms. The summed E-state index contributed by atoms with van der Waals surface area (Å²) in [6.45, 7) is 0. The molecule has 274 valence electrons. The summed E-state index contributed by atoms with van der Waals surface area (Å²) in [5, 5.41) is 19.2. The van der Waals surface area contributed by atoms with Gasteiger partial charge in [-0.1, -0.05) is 24.3 Å². The zero-order valence-corrected chi connectivity index (χ0v) is 31.6. The number of halogens is 3. The van der Waals surface area contributed by atoms with Crippen molar-refractivity contribution in [3.05, 3.63) is 144 Å². The molecule has 4 aromatic carbocycles. The molecule has 0 unspecified atom stereocenters. The fourth-order valence-electron chi connectivity index (χ4n) is 5.87. The maximum atomic E-state index is 13.1. The number of hydrogen-bond acceptors (Lipinski definition) is 8. The van der Waals surface area contributed by atoms with Crippen LogP contribution in [0.25, 0.3) is 46.5 Å². The van der Waals surface area contributed by atoms with Gasteiger partial charge in [-0.25, -0.2) is 4.79 Å². The lowest BCUT2D eigenvalue weighted by molar-refractivity contribution is -0.137. The minimum atomic E-state index is -4.42. The number of benzene rings is 4. The van der Waals surface area contributed by atoms with Gasteiger partial charge in [-0.05, 0) is 126 Å². The van der Waals surface area contributed by atoms with Crippen LogP contribution in [0.5, 0.6) is 11.5 Å². The van der Waals surface area contributed by atoms with Crippen molar-refractivity contribution in [3.63, 3.8) is 0 Å². The topological polar surface area (TPSA) is 82.8 Å². The summed E-state index contributed by atoms with van der Waals surface area (Å²) < 4.78 is 50.1. The van der Waals surface area contributed by atoms with Gasteiger partial charge in [0.15, 0.2) is 0 Å². The van der Waals surface area contributed by atoms with Crippen LogP contribution in [0, 0.1) is 11.3 Å². The minimum Gasteiger partial charge on any atom is -0.497 e. The van der Waals surface area contributed by atoms with E-state index in [1.807, 2.05) is 78.9 Å². The Labute approximate surface area is 326 Å². The second-order valence-electron chi connectivity index (χ2n) is 12.1. The van der Waals surface area contributed by atoms with Gasteiger partial charge >= 0.3 is 12.1 Å². The van der Waals surface area contributed by atoms with E-state index in [2.05, 4.69) is 29.2 Å². The van der Waals surface area contributed by atoms with E-state index in [0.29, 0.717) is 11.1 Å². The Morgan fingerprint density at radius 3 is 1.58 bits per heavy atom. The lowest BCUT2D eigenvalue weighted by atomic mass is 10.1. The van der Waals surface area contributed by atoms with E-state index in [4.69, 9.17) is 9.47 Å². The monoisotopic (exact) mass is 790 g/mol. The average Bonchev–Trinajstić information content (AvgIpc) is 3.98. The zero-order valence-electron chi connectivity index (χ0n) is 29.1. The maximum absolute atomic E-state index is 13.1. The third-order valence-corrected chi connectivity index (χ3v) is 12.5. The summed E-state index contributed by atoms with van der Waals surface area (Å²) in [5.41, 5.74) is 3.95. The molecule has 0 aliphatic rings. The number of hydrogen-bond donors (Lipinski definition) is 1. The molecule has 55 heavy (non-hydrogen) atoms.